The summed E-state index contributed by atoms with van der Waals surface area (Å²) in [6.45, 7) is 0. The van der Waals surface area contributed by atoms with Gasteiger partial charge < -0.3 is 5.11 Å². The van der Waals surface area contributed by atoms with E-state index in [1.54, 1.807) is 0 Å². The van der Waals surface area contributed by atoms with Crippen LogP contribution >= 0.6 is 11.6 Å². The second kappa shape index (κ2) is 5.09. The van der Waals surface area contributed by atoms with Crippen molar-refractivity contribution < 1.29 is 14.8 Å². The van der Waals surface area contributed by atoms with E-state index in [2.05, 4.69) is 0 Å². The van der Waals surface area contributed by atoms with Crippen LogP contribution in [0.2, 0.25) is 5.02 Å². The zero-order valence-corrected chi connectivity index (χ0v) is 9.01. The Morgan fingerprint density at radius 2 is 2.24 bits per heavy atom. The van der Waals surface area contributed by atoms with Gasteiger partial charge in [-0.15, -0.1) is 0 Å². The fraction of sp³-hybridized carbons (Fsp3) is 0. The van der Waals surface area contributed by atoms with Crippen molar-refractivity contribution in [2.75, 3.05) is 0 Å². The van der Waals surface area contributed by atoms with Gasteiger partial charge in [-0.3, -0.25) is 10.1 Å². The van der Waals surface area contributed by atoms with Gasteiger partial charge in [-0.25, -0.2) is 4.79 Å². The Labute approximate surface area is 101 Å². The van der Waals surface area contributed by atoms with Crippen LogP contribution < -0.4 is 0 Å². The SMILES string of the molecule is N#C/C(=C\c1ccc(Cl)c([N+](=O)[O-])c1)C(=O)O. The molecule has 0 saturated carbocycles. The number of benzene rings is 1. The molecule has 0 aliphatic carbocycles. The summed E-state index contributed by atoms with van der Waals surface area (Å²) in [4.78, 5) is 20.5. The molecule has 0 aliphatic rings. The first kappa shape index (κ1) is 12.7. The van der Waals surface area contributed by atoms with Gasteiger partial charge in [-0.1, -0.05) is 17.7 Å². The lowest BCUT2D eigenvalue weighted by molar-refractivity contribution is -0.384. The Morgan fingerprint density at radius 1 is 1.59 bits per heavy atom. The minimum atomic E-state index is -1.40. The summed E-state index contributed by atoms with van der Waals surface area (Å²) in [5.41, 5.74) is -0.634. The van der Waals surface area contributed by atoms with E-state index in [-0.39, 0.29) is 16.3 Å². The molecule has 6 nitrogen and oxygen atoms in total. The van der Waals surface area contributed by atoms with Gasteiger partial charge in [0.15, 0.2) is 0 Å². The molecule has 0 unspecified atom stereocenters. The third-order valence-corrected chi connectivity index (χ3v) is 2.15. The number of aliphatic carboxylic acids is 1. The monoisotopic (exact) mass is 252 g/mol. The number of hydrogen-bond acceptors (Lipinski definition) is 4. The molecule has 0 atom stereocenters. The number of carboxylic acids is 1. The van der Waals surface area contributed by atoms with Gasteiger partial charge in [0, 0.05) is 6.07 Å². The van der Waals surface area contributed by atoms with Crippen LogP contribution in [0.3, 0.4) is 0 Å². The molecule has 0 saturated heterocycles. The van der Waals surface area contributed by atoms with Gasteiger partial charge in [0.2, 0.25) is 0 Å². The molecule has 7 heteroatoms. The largest absolute Gasteiger partial charge is 0.477 e. The molecule has 1 N–H and O–H groups in total. The second-order valence-corrected chi connectivity index (χ2v) is 3.35. The summed E-state index contributed by atoms with van der Waals surface area (Å²) >= 11 is 5.58. The van der Waals surface area contributed by atoms with Gasteiger partial charge >= 0.3 is 5.97 Å². The Morgan fingerprint density at radius 3 is 2.71 bits per heavy atom. The third kappa shape index (κ3) is 3.03. The number of carbonyl (C=O) groups is 1. The number of nitro groups is 1. The van der Waals surface area contributed by atoms with Crippen LogP contribution in [0.15, 0.2) is 23.8 Å². The lowest BCUT2D eigenvalue weighted by Gasteiger charge is -1.97. The molecule has 0 heterocycles. The Bertz CT molecular complexity index is 560. The first-order valence-electron chi connectivity index (χ1n) is 4.24. The fourth-order valence-corrected chi connectivity index (χ4v) is 1.25. The minimum Gasteiger partial charge on any atom is -0.477 e. The lowest BCUT2D eigenvalue weighted by Crippen LogP contribution is -1.97. The molecule has 0 spiro atoms. The van der Waals surface area contributed by atoms with E-state index in [9.17, 15) is 14.9 Å². The maximum absolute atomic E-state index is 10.6. The summed E-state index contributed by atoms with van der Waals surface area (Å²) in [5.74, 6) is -1.40. The zero-order valence-electron chi connectivity index (χ0n) is 8.25. The fourth-order valence-electron chi connectivity index (χ4n) is 1.07. The molecule has 0 amide bonds. The van der Waals surface area contributed by atoms with E-state index in [1.807, 2.05) is 0 Å². The summed E-state index contributed by atoms with van der Waals surface area (Å²) in [5, 5.41) is 27.7. The predicted molar refractivity (Wildman–Crippen MR) is 59.3 cm³/mol. The minimum absolute atomic E-state index is 0.0546. The molecule has 0 fully saturated rings. The van der Waals surface area contributed by atoms with E-state index in [0.717, 1.165) is 12.1 Å². The molecule has 1 rings (SSSR count). The zero-order chi connectivity index (χ0) is 13.0. The standard InChI is InChI=1S/C10H5ClN2O4/c11-8-2-1-6(4-9(8)13(16)17)3-7(5-12)10(14)15/h1-4H,(H,14,15)/b7-3+. The first-order valence-corrected chi connectivity index (χ1v) is 4.62. The molecule has 1 aromatic rings. The van der Waals surface area contributed by atoms with Crippen molar-refractivity contribution in [3.8, 4) is 6.07 Å². The summed E-state index contributed by atoms with van der Waals surface area (Å²) in [6.07, 6.45) is 1.03. The maximum Gasteiger partial charge on any atom is 0.346 e. The number of nitriles is 1. The molecule has 0 bridgehead atoms. The van der Waals surface area contributed by atoms with Crippen molar-refractivity contribution in [1.82, 2.24) is 0 Å². The topological polar surface area (TPSA) is 104 Å². The van der Waals surface area contributed by atoms with Gasteiger partial charge in [0.05, 0.1) is 4.92 Å². The van der Waals surface area contributed by atoms with Crippen molar-refractivity contribution in [1.29, 1.82) is 5.26 Å². The number of rotatable bonds is 3. The predicted octanol–water partition coefficient (Wildman–Crippen LogP) is 2.24. The lowest BCUT2D eigenvalue weighted by atomic mass is 10.1. The molecule has 0 aliphatic heterocycles. The van der Waals surface area contributed by atoms with Gasteiger partial charge in [-0.2, -0.15) is 5.26 Å². The summed E-state index contributed by atoms with van der Waals surface area (Å²) in [7, 11) is 0. The molecular weight excluding hydrogens is 248 g/mol. The van der Waals surface area contributed by atoms with Crippen LogP contribution in [0.5, 0.6) is 0 Å². The van der Waals surface area contributed by atoms with E-state index in [1.165, 1.54) is 18.2 Å². The van der Waals surface area contributed by atoms with Crippen molar-refractivity contribution in [2.24, 2.45) is 0 Å². The van der Waals surface area contributed by atoms with Crippen molar-refractivity contribution in [3.05, 3.63) is 44.5 Å². The Kier molecular flexibility index (Phi) is 3.80. The van der Waals surface area contributed by atoms with Gasteiger partial charge in [-0.05, 0) is 17.7 Å². The number of carboxylic acid groups (broad SMARTS) is 1. The smallest absolute Gasteiger partial charge is 0.346 e. The normalized spacial score (nSPS) is 10.7. The highest BCUT2D eigenvalue weighted by Crippen LogP contribution is 2.25. The van der Waals surface area contributed by atoms with Crippen LogP contribution in [0.25, 0.3) is 6.08 Å². The van der Waals surface area contributed by atoms with E-state index in [0.29, 0.717) is 0 Å². The molecule has 0 aromatic heterocycles. The highest BCUT2D eigenvalue weighted by Gasteiger charge is 2.13. The summed E-state index contributed by atoms with van der Waals surface area (Å²) in [6, 6.07) is 5.22. The Hall–Kier alpha value is -2.39. The molecule has 1 aromatic carbocycles. The van der Waals surface area contributed by atoms with Crippen LogP contribution in [0.4, 0.5) is 5.69 Å². The highest BCUT2D eigenvalue weighted by atomic mass is 35.5. The average Bonchev–Trinajstić information content (AvgIpc) is 2.27. The third-order valence-electron chi connectivity index (χ3n) is 1.83. The molecular formula is C10H5ClN2O4. The van der Waals surface area contributed by atoms with Gasteiger partial charge in [0.1, 0.15) is 16.7 Å². The van der Waals surface area contributed by atoms with Crippen molar-refractivity contribution in [2.45, 2.75) is 0 Å². The highest BCUT2D eigenvalue weighted by molar-refractivity contribution is 6.32. The van der Waals surface area contributed by atoms with Crippen LogP contribution in [-0.2, 0) is 4.79 Å². The van der Waals surface area contributed by atoms with Gasteiger partial charge in [0.25, 0.3) is 5.69 Å². The summed E-state index contributed by atoms with van der Waals surface area (Å²) < 4.78 is 0. The van der Waals surface area contributed by atoms with Crippen LogP contribution in [0, 0.1) is 21.4 Å². The van der Waals surface area contributed by atoms with Crippen molar-refractivity contribution in [3.63, 3.8) is 0 Å². The number of halogens is 1. The second-order valence-electron chi connectivity index (χ2n) is 2.94. The average molecular weight is 253 g/mol. The number of nitro benzene ring substituents is 1. The van der Waals surface area contributed by atoms with Crippen LogP contribution in [-0.4, -0.2) is 16.0 Å². The first-order chi connectivity index (χ1) is 7.95. The van der Waals surface area contributed by atoms with Crippen molar-refractivity contribution >= 4 is 29.3 Å². The maximum atomic E-state index is 10.6. The molecule has 0 radical (unpaired) electrons. The van der Waals surface area contributed by atoms with E-state index in [4.69, 9.17) is 22.0 Å². The number of hydrogen-bond donors (Lipinski definition) is 1. The van der Waals surface area contributed by atoms with Crippen LogP contribution in [0.1, 0.15) is 5.56 Å². The quantitative estimate of drug-likeness (QED) is 0.384. The molecule has 17 heavy (non-hydrogen) atoms. The van der Waals surface area contributed by atoms with E-state index >= 15 is 0 Å². The number of nitrogens with zero attached hydrogens (tertiary/aromatic N) is 2. The van der Waals surface area contributed by atoms with E-state index < -0.39 is 16.5 Å². The Balaban J connectivity index is 3.27. The molecule has 86 valence electrons.